The average Bonchev–Trinajstić information content (AvgIpc) is 2.78. The number of methoxy groups -OCH3 is 1. The van der Waals surface area contributed by atoms with E-state index in [1.165, 1.54) is 0 Å². The van der Waals surface area contributed by atoms with Gasteiger partial charge in [-0.3, -0.25) is 4.79 Å². The number of ether oxygens (including phenoxy) is 2. The Morgan fingerprint density at radius 2 is 2.11 bits per heavy atom. The molecular formula is C13H15Cl2NO3. The molecule has 0 aromatic heterocycles. The molecule has 0 saturated carbocycles. The number of carbonyl (C=O) groups is 1. The van der Waals surface area contributed by atoms with Gasteiger partial charge in [-0.05, 0) is 31.0 Å². The Hall–Kier alpha value is -0.810. The summed E-state index contributed by atoms with van der Waals surface area (Å²) >= 11 is 11.8. The van der Waals surface area contributed by atoms with Crippen LogP contribution < -0.4 is 5.32 Å². The van der Waals surface area contributed by atoms with E-state index in [-0.39, 0.29) is 12.5 Å². The number of anilines is 1. The first-order valence-electron chi connectivity index (χ1n) is 5.96. The average molecular weight is 304 g/mol. The predicted molar refractivity (Wildman–Crippen MR) is 74.9 cm³/mol. The Balaban J connectivity index is 2.14. The van der Waals surface area contributed by atoms with E-state index in [9.17, 15) is 4.79 Å². The largest absolute Gasteiger partial charge is 0.381 e. The first-order chi connectivity index (χ1) is 9.05. The highest BCUT2D eigenvalue weighted by Crippen LogP contribution is 2.29. The van der Waals surface area contributed by atoms with Gasteiger partial charge in [0, 0.05) is 29.4 Å². The first-order valence-corrected chi connectivity index (χ1v) is 6.72. The molecule has 1 saturated heterocycles. The zero-order valence-corrected chi connectivity index (χ0v) is 12.1. The van der Waals surface area contributed by atoms with Gasteiger partial charge in [-0.25, -0.2) is 0 Å². The van der Waals surface area contributed by atoms with Crippen LogP contribution in [0.4, 0.5) is 5.69 Å². The molecule has 1 fully saturated rings. The molecule has 1 N–H and O–H groups in total. The number of carbonyl (C=O) groups excluding carboxylic acids is 1. The Morgan fingerprint density at radius 1 is 1.42 bits per heavy atom. The highest BCUT2D eigenvalue weighted by atomic mass is 35.5. The van der Waals surface area contributed by atoms with Crippen LogP contribution >= 0.6 is 23.2 Å². The number of benzene rings is 1. The van der Waals surface area contributed by atoms with Gasteiger partial charge < -0.3 is 14.8 Å². The monoisotopic (exact) mass is 303 g/mol. The smallest absolute Gasteiger partial charge is 0.259 e. The summed E-state index contributed by atoms with van der Waals surface area (Å²) in [5, 5.41) is 3.72. The lowest BCUT2D eigenvalue weighted by Crippen LogP contribution is -2.46. The topological polar surface area (TPSA) is 47.6 Å². The Kier molecular flexibility index (Phi) is 4.68. The fourth-order valence-electron chi connectivity index (χ4n) is 2.16. The summed E-state index contributed by atoms with van der Waals surface area (Å²) < 4.78 is 10.7. The maximum Gasteiger partial charge on any atom is 0.259 e. The normalized spacial score (nSPS) is 22.5. The van der Waals surface area contributed by atoms with Crippen molar-refractivity contribution in [3.63, 3.8) is 0 Å². The predicted octanol–water partition coefficient (Wildman–Crippen LogP) is 3.13. The summed E-state index contributed by atoms with van der Waals surface area (Å²) in [6, 6.07) is 4.89. The van der Waals surface area contributed by atoms with Gasteiger partial charge in [0.15, 0.2) is 5.60 Å². The van der Waals surface area contributed by atoms with Crippen LogP contribution in [0.3, 0.4) is 0 Å². The third-order valence-corrected chi connectivity index (χ3v) is 3.45. The zero-order valence-electron chi connectivity index (χ0n) is 10.5. The van der Waals surface area contributed by atoms with Crippen molar-refractivity contribution in [2.45, 2.75) is 18.4 Å². The van der Waals surface area contributed by atoms with Gasteiger partial charge >= 0.3 is 0 Å². The number of halogens is 2. The number of hydrogen-bond donors (Lipinski definition) is 1. The van der Waals surface area contributed by atoms with Crippen molar-refractivity contribution >= 4 is 34.8 Å². The van der Waals surface area contributed by atoms with Crippen molar-refractivity contribution in [3.05, 3.63) is 28.2 Å². The number of hydrogen-bond acceptors (Lipinski definition) is 3. The minimum Gasteiger partial charge on any atom is -0.381 e. The van der Waals surface area contributed by atoms with Gasteiger partial charge in [0.05, 0.1) is 6.61 Å². The molecule has 0 aliphatic carbocycles. The van der Waals surface area contributed by atoms with E-state index < -0.39 is 5.60 Å². The fraction of sp³-hybridized carbons (Fsp3) is 0.462. The number of rotatable bonds is 4. The van der Waals surface area contributed by atoms with Crippen LogP contribution in [0.1, 0.15) is 12.8 Å². The van der Waals surface area contributed by atoms with Crippen LogP contribution in [0.5, 0.6) is 0 Å². The molecule has 1 aromatic rings. The number of nitrogens with one attached hydrogen (secondary N) is 1. The molecule has 2 rings (SSSR count). The van der Waals surface area contributed by atoms with Crippen molar-refractivity contribution in [2.75, 3.05) is 25.6 Å². The molecule has 19 heavy (non-hydrogen) atoms. The standard InChI is InChI=1S/C13H15Cl2NO3/c1-18-8-13(3-2-4-19-13)12(17)16-11-6-9(14)5-10(15)7-11/h5-7H,2-4,8H2,1H3,(H,16,17). The summed E-state index contributed by atoms with van der Waals surface area (Å²) in [5.74, 6) is -0.231. The van der Waals surface area contributed by atoms with E-state index in [1.807, 2.05) is 0 Å². The van der Waals surface area contributed by atoms with Gasteiger partial charge in [0.1, 0.15) is 0 Å². The minimum absolute atomic E-state index is 0.229. The molecule has 0 bridgehead atoms. The lowest BCUT2D eigenvalue weighted by Gasteiger charge is -2.26. The second-order valence-electron chi connectivity index (χ2n) is 4.49. The highest BCUT2D eigenvalue weighted by Gasteiger charge is 2.42. The number of amides is 1. The SMILES string of the molecule is COCC1(C(=O)Nc2cc(Cl)cc(Cl)c2)CCCO1. The molecule has 1 aliphatic rings. The van der Waals surface area contributed by atoms with Crippen molar-refractivity contribution in [1.29, 1.82) is 0 Å². The Bertz CT molecular complexity index is 453. The summed E-state index contributed by atoms with van der Waals surface area (Å²) in [6.07, 6.45) is 1.48. The van der Waals surface area contributed by atoms with Gasteiger partial charge in [-0.2, -0.15) is 0 Å². The highest BCUT2D eigenvalue weighted by molar-refractivity contribution is 6.35. The third kappa shape index (κ3) is 3.39. The van der Waals surface area contributed by atoms with Crippen molar-refractivity contribution in [2.24, 2.45) is 0 Å². The Morgan fingerprint density at radius 3 is 2.63 bits per heavy atom. The van der Waals surface area contributed by atoms with Gasteiger partial charge in [0.25, 0.3) is 5.91 Å². The molecule has 104 valence electrons. The molecule has 1 heterocycles. The molecule has 0 spiro atoms. The molecule has 1 unspecified atom stereocenters. The second-order valence-corrected chi connectivity index (χ2v) is 5.36. The van der Waals surface area contributed by atoms with E-state index in [4.69, 9.17) is 32.7 Å². The summed E-state index contributed by atoms with van der Waals surface area (Å²) in [4.78, 5) is 12.3. The van der Waals surface area contributed by atoms with Gasteiger partial charge in [-0.15, -0.1) is 0 Å². The lowest BCUT2D eigenvalue weighted by molar-refractivity contribution is -0.141. The van der Waals surface area contributed by atoms with E-state index >= 15 is 0 Å². The molecule has 6 heteroatoms. The molecule has 1 aromatic carbocycles. The van der Waals surface area contributed by atoms with Crippen LogP contribution in [0.25, 0.3) is 0 Å². The van der Waals surface area contributed by atoms with Gasteiger partial charge in [0.2, 0.25) is 0 Å². The lowest BCUT2D eigenvalue weighted by atomic mass is 10.00. The van der Waals surface area contributed by atoms with E-state index in [0.717, 1.165) is 6.42 Å². The fourth-order valence-corrected chi connectivity index (χ4v) is 2.69. The maximum absolute atomic E-state index is 12.3. The summed E-state index contributed by atoms with van der Waals surface area (Å²) in [7, 11) is 1.55. The second kappa shape index (κ2) is 6.09. The molecule has 1 atom stereocenters. The van der Waals surface area contributed by atoms with Crippen LogP contribution in [0.15, 0.2) is 18.2 Å². The van der Waals surface area contributed by atoms with Crippen molar-refractivity contribution in [3.8, 4) is 0 Å². The minimum atomic E-state index is -0.913. The van der Waals surface area contributed by atoms with Gasteiger partial charge in [-0.1, -0.05) is 23.2 Å². The summed E-state index contributed by atoms with van der Waals surface area (Å²) in [5.41, 5.74) is -0.364. The molecule has 1 aliphatic heterocycles. The maximum atomic E-state index is 12.3. The van der Waals surface area contributed by atoms with Crippen LogP contribution in [-0.4, -0.2) is 31.8 Å². The van der Waals surface area contributed by atoms with E-state index in [1.54, 1.807) is 25.3 Å². The first kappa shape index (κ1) is 14.6. The molecule has 4 nitrogen and oxygen atoms in total. The quantitative estimate of drug-likeness (QED) is 0.929. The zero-order chi connectivity index (χ0) is 13.9. The van der Waals surface area contributed by atoms with Crippen molar-refractivity contribution in [1.82, 2.24) is 0 Å². The summed E-state index contributed by atoms with van der Waals surface area (Å²) in [6.45, 7) is 0.792. The van der Waals surface area contributed by atoms with Crippen molar-refractivity contribution < 1.29 is 14.3 Å². The molecular weight excluding hydrogens is 289 g/mol. The van der Waals surface area contributed by atoms with E-state index in [2.05, 4.69) is 5.32 Å². The molecule has 0 radical (unpaired) electrons. The van der Waals surface area contributed by atoms with Crippen LogP contribution in [0.2, 0.25) is 10.0 Å². The molecule has 1 amide bonds. The Labute approximate surface area is 122 Å². The van der Waals surface area contributed by atoms with E-state index in [0.29, 0.717) is 28.8 Å². The van der Waals surface area contributed by atoms with Crippen LogP contribution in [0, 0.1) is 0 Å². The third-order valence-electron chi connectivity index (χ3n) is 3.02. The van der Waals surface area contributed by atoms with Crippen LogP contribution in [-0.2, 0) is 14.3 Å².